The molecule has 1 fully saturated rings. The molecule has 48 valence electrons. The van der Waals surface area contributed by atoms with E-state index in [4.69, 9.17) is 5.26 Å². The Morgan fingerprint density at radius 1 is 1.67 bits per heavy atom. The molecule has 0 aromatic rings. The third-order valence-electron chi connectivity index (χ3n) is 1.49. The first-order valence-electron chi connectivity index (χ1n) is 3.21. The Morgan fingerprint density at radius 2 is 2.33 bits per heavy atom. The van der Waals surface area contributed by atoms with E-state index in [-0.39, 0.29) is 12.2 Å². The number of nitriles is 1. The van der Waals surface area contributed by atoms with Crippen molar-refractivity contribution >= 4 is 5.78 Å². The average Bonchev–Trinajstić information content (AvgIpc) is 2.50. The molecule has 0 unspecified atom stereocenters. The second-order valence-electron chi connectivity index (χ2n) is 2.52. The van der Waals surface area contributed by atoms with Crippen LogP contribution in [0.3, 0.4) is 0 Å². The van der Waals surface area contributed by atoms with Gasteiger partial charge in [-0.1, -0.05) is 0 Å². The third-order valence-corrected chi connectivity index (χ3v) is 1.49. The molecular weight excluding hydrogens is 114 g/mol. The number of hydrogen-bond acceptors (Lipinski definition) is 2. The Balaban J connectivity index is 2.11. The Hall–Kier alpha value is -0.840. The van der Waals surface area contributed by atoms with Gasteiger partial charge in [0.1, 0.15) is 5.78 Å². The fraction of sp³-hybridized carbons (Fsp3) is 0.714. The van der Waals surface area contributed by atoms with Crippen molar-refractivity contribution in [1.82, 2.24) is 0 Å². The molecule has 0 heterocycles. The van der Waals surface area contributed by atoms with E-state index in [1.807, 2.05) is 6.07 Å². The van der Waals surface area contributed by atoms with Crippen LogP contribution in [0.15, 0.2) is 0 Å². The zero-order chi connectivity index (χ0) is 6.69. The van der Waals surface area contributed by atoms with Crippen LogP contribution in [0.4, 0.5) is 0 Å². The highest BCUT2D eigenvalue weighted by Crippen LogP contribution is 2.32. The number of rotatable bonds is 3. The molecular formula is C7H9NO. The first-order valence-corrected chi connectivity index (χ1v) is 3.21. The van der Waals surface area contributed by atoms with Crippen LogP contribution in [0.5, 0.6) is 0 Å². The van der Waals surface area contributed by atoms with Gasteiger partial charge in [-0.2, -0.15) is 5.26 Å². The summed E-state index contributed by atoms with van der Waals surface area (Å²) in [5, 5.41) is 8.10. The summed E-state index contributed by atoms with van der Waals surface area (Å²) in [6.45, 7) is 0. The van der Waals surface area contributed by atoms with Gasteiger partial charge < -0.3 is 0 Å². The summed E-state index contributed by atoms with van der Waals surface area (Å²) in [6, 6.07) is 1.85. The molecule has 0 bridgehead atoms. The van der Waals surface area contributed by atoms with Crippen LogP contribution in [0, 0.1) is 17.2 Å². The van der Waals surface area contributed by atoms with Crippen LogP contribution < -0.4 is 0 Å². The lowest BCUT2D eigenvalue weighted by molar-refractivity contribution is -0.118. The van der Waals surface area contributed by atoms with Crippen LogP contribution in [0.1, 0.15) is 25.7 Å². The largest absolute Gasteiger partial charge is 0.299 e. The van der Waals surface area contributed by atoms with Crippen molar-refractivity contribution in [2.45, 2.75) is 25.7 Å². The second-order valence-corrected chi connectivity index (χ2v) is 2.52. The van der Waals surface area contributed by atoms with E-state index in [0.717, 1.165) is 0 Å². The van der Waals surface area contributed by atoms with Gasteiger partial charge in [-0.15, -0.1) is 0 Å². The van der Waals surface area contributed by atoms with Crippen molar-refractivity contribution in [2.24, 2.45) is 5.92 Å². The Labute approximate surface area is 54.5 Å². The molecule has 0 aromatic carbocycles. The van der Waals surface area contributed by atoms with E-state index in [0.29, 0.717) is 12.3 Å². The lowest BCUT2D eigenvalue weighted by Gasteiger charge is -1.88. The molecule has 0 spiro atoms. The van der Waals surface area contributed by atoms with Crippen LogP contribution in [-0.4, -0.2) is 5.78 Å². The number of Topliss-reactive ketones (excluding diaryl/α,β-unsaturated/α-hetero) is 1. The molecule has 9 heavy (non-hydrogen) atoms. The van der Waals surface area contributed by atoms with Gasteiger partial charge in [0.05, 0.1) is 12.5 Å². The maximum atomic E-state index is 10.7. The van der Waals surface area contributed by atoms with Crippen LogP contribution in [0.2, 0.25) is 0 Å². The van der Waals surface area contributed by atoms with Crippen molar-refractivity contribution in [3.63, 3.8) is 0 Å². The third kappa shape index (κ3) is 2.27. The summed E-state index contributed by atoms with van der Waals surface area (Å²) in [4.78, 5) is 10.7. The van der Waals surface area contributed by atoms with Crippen molar-refractivity contribution in [3.8, 4) is 6.07 Å². The molecule has 0 aliphatic heterocycles. The van der Waals surface area contributed by atoms with Crippen molar-refractivity contribution in [3.05, 3.63) is 0 Å². The van der Waals surface area contributed by atoms with E-state index in [1.54, 1.807) is 0 Å². The first kappa shape index (κ1) is 6.28. The molecule has 0 saturated heterocycles. The lowest BCUT2D eigenvalue weighted by Crippen LogP contribution is -1.95. The molecule has 1 aliphatic carbocycles. The highest BCUT2D eigenvalue weighted by Gasteiger charge is 2.23. The zero-order valence-electron chi connectivity index (χ0n) is 5.26. The quantitative estimate of drug-likeness (QED) is 0.567. The number of ketones is 1. The summed E-state index contributed by atoms with van der Waals surface area (Å²) >= 11 is 0. The van der Waals surface area contributed by atoms with Gasteiger partial charge in [-0.05, 0) is 18.8 Å². The fourth-order valence-electron chi connectivity index (χ4n) is 0.804. The Bertz CT molecular complexity index is 153. The summed E-state index contributed by atoms with van der Waals surface area (Å²) < 4.78 is 0. The molecule has 2 nitrogen and oxygen atoms in total. The smallest absolute Gasteiger partial charge is 0.147 e. The topological polar surface area (TPSA) is 40.9 Å². The standard InChI is InChI=1S/C7H9NO/c8-4-3-7(9)5-6-1-2-6/h6H,1-3,5H2. The number of carbonyl (C=O) groups is 1. The summed E-state index contributed by atoms with van der Waals surface area (Å²) in [5.41, 5.74) is 0. The van der Waals surface area contributed by atoms with Gasteiger partial charge in [-0.25, -0.2) is 0 Å². The Kier molecular flexibility index (Phi) is 1.84. The normalized spacial score (nSPS) is 16.8. The molecule has 0 amide bonds. The van der Waals surface area contributed by atoms with Crippen LogP contribution >= 0.6 is 0 Å². The molecule has 0 N–H and O–H groups in total. The van der Waals surface area contributed by atoms with Crippen molar-refractivity contribution in [2.75, 3.05) is 0 Å². The van der Waals surface area contributed by atoms with E-state index in [2.05, 4.69) is 0 Å². The monoisotopic (exact) mass is 123 g/mol. The number of nitrogens with zero attached hydrogens (tertiary/aromatic N) is 1. The predicted molar refractivity (Wildman–Crippen MR) is 32.6 cm³/mol. The minimum absolute atomic E-state index is 0.108. The number of carbonyl (C=O) groups excluding carboxylic acids is 1. The van der Waals surface area contributed by atoms with Crippen LogP contribution in [-0.2, 0) is 4.79 Å². The maximum absolute atomic E-state index is 10.7. The van der Waals surface area contributed by atoms with Crippen molar-refractivity contribution in [1.29, 1.82) is 5.26 Å². The van der Waals surface area contributed by atoms with Crippen molar-refractivity contribution < 1.29 is 4.79 Å². The lowest BCUT2D eigenvalue weighted by atomic mass is 10.2. The van der Waals surface area contributed by atoms with Gasteiger partial charge in [0, 0.05) is 6.42 Å². The summed E-state index contributed by atoms with van der Waals surface area (Å²) in [7, 11) is 0. The summed E-state index contributed by atoms with van der Waals surface area (Å²) in [5.74, 6) is 0.742. The fourth-order valence-corrected chi connectivity index (χ4v) is 0.804. The van der Waals surface area contributed by atoms with Gasteiger partial charge in [0.15, 0.2) is 0 Å². The van der Waals surface area contributed by atoms with Gasteiger partial charge in [0.2, 0.25) is 0 Å². The molecule has 1 saturated carbocycles. The molecule has 0 radical (unpaired) electrons. The van der Waals surface area contributed by atoms with Gasteiger partial charge in [-0.3, -0.25) is 4.79 Å². The molecule has 1 aliphatic rings. The molecule has 2 heteroatoms. The molecule has 0 atom stereocenters. The SMILES string of the molecule is N#CCC(=O)CC1CC1. The molecule has 1 rings (SSSR count). The minimum atomic E-state index is 0.108. The van der Waals surface area contributed by atoms with E-state index < -0.39 is 0 Å². The highest BCUT2D eigenvalue weighted by atomic mass is 16.1. The molecule has 0 aromatic heterocycles. The average molecular weight is 123 g/mol. The van der Waals surface area contributed by atoms with Gasteiger partial charge in [0.25, 0.3) is 0 Å². The van der Waals surface area contributed by atoms with E-state index in [1.165, 1.54) is 12.8 Å². The maximum Gasteiger partial charge on any atom is 0.147 e. The second kappa shape index (κ2) is 2.63. The predicted octanol–water partition coefficient (Wildman–Crippen LogP) is 1.27. The van der Waals surface area contributed by atoms with E-state index >= 15 is 0 Å². The van der Waals surface area contributed by atoms with E-state index in [9.17, 15) is 4.79 Å². The summed E-state index contributed by atoms with van der Waals surface area (Å²) in [6.07, 6.45) is 3.14. The first-order chi connectivity index (χ1) is 4.33. The Morgan fingerprint density at radius 3 is 2.78 bits per heavy atom. The van der Waals surface area contributed by atoms with Gasteiger partial charge >= 0.3 is 0 Å². The van der Waals surface area contributed by atoms with Crippen LogP contribution in [0.25, 0.3) is 0 Å². The zero-order valence-corrected chi connectivity index (χ0v) is 5.26. The number of hydrogen-bond donors (Lipinski definition) is 0. The highest BCUT2D eigenvalue weighted by molar-refractivity contribution is 5.80. The minimum Gasteiger partial charge on any atom is -0.299 e.